The lowest BCUT2D eigenvalue weighted by molar-refractivity contribution is 0.270. The van der Waals surface area contributed by atoms with Gasteiger partial charge in [-0.15, -0.1) is 10.2 Å². The monoisotopic (exact) mass is 367 g/mol. The van der Waals surface area contributed by atoms with Crippen molar-refractivity contribution < 1.29 is 9.15 Å². The minimum absolute atomic E-state index is 0.205. The molecule has 0 spiro atoms. The molecule has 0 amide bonds. The Morgan fingerprint density at radius 2 is 2.07 bits per heavy atom. The van der Waals surface area contributed by atoms with Crippen molar-refractivity contribution in [1.82, 2.24) is 34.6 Å². The van der Waals surface area contributed by atoms with Crippen LogP contribution in [0.2, 0.25) is 0 Å². The number of aryl methyl sites for hydroxylation is 2. The molecule has 0 aliphatic rings. The van der Waals surface area contributed by atoms with Gasteiger partial charge in [0.1, 0.15) is 25.0 Å². The summed E-state index contributed by atoms with van der Waals surface area (Å²) in [5.41, 5.74) is 2.41. The van der Waals surface area contributed by atoms with Gasteiger partial charge in [0.15, 0.2) is 11.6 Å². The van der Waals surface area contributed by atoms with Crippen molar-refractivity contribution in [2.24, 2.45) is 7.05 Å². The Bertz CT molecular complexity index is 1100. The molecule has 9 heteroatoms. The fraction of sp³-hybridized carbons (Fsp3) is 0.389. The van der Waals surface area contributed by atoms with Gasteiger partial charge in [0.25, 0.3) is 0 Å². The Labute approximate surface area is 156 Å². The van der Waals surface area contributed by atoms with Crippen LogP contribution in [-0.4, -0.2) is 34.6 Å². The average Bonchev–Trinajstić information content (AvgIpc) is 3.29. The van der Waals surface area contributed by atoms with E-state index in [1.807, 2.05) is 20.0 Å². The van der Waals surface area contributed by atoms with Crippen molar-refractivity contribution in [2.75, 3.05) is 0 Å². The number of fused-ring (bicyclic) bond motifs is 1. The second kappa shape index (κ2) is 6.19. The van der Waals surface area contributed by atoms with Crippen LogP contribution in [0.1, 0.15) is 37.9 Å². The maximum atomic E-state index is 6.04. The summed E-state index contributed by atoms with van der Waals surface area (Å²) >= 11 is 0. The van der Waals surface area contributed by atoms with Crippen LogP contribution in [0.25, 0.3) is 16.9 Å². The molecule has 0 saturated carbocycles. The first-order valence-electron chi connectivity index (χ1n) is 8.60. The highest BCUT2D eigenvalue weighted by Crippen LogP contribution is 2.36. The summed E-state index contributed by atoms with van der Waals surface area (Å²) in [5.74, 6) is 2.64. The van der Waals surface area contributed by atoms with Gasteiger partial charge in [-0.2, -0.15) is 10.2 Å². The van der Waals surface area contributed by atoms with Gasteiger partial charge in [-0.1, -0.05) is 20.8 Å². The van der Waals surface area contributed by atoms with Crippen LogP contribution >= 0.6 is 0 Å². The first-order valence-corrected chi connectivity index (χ1v) is 8.60. The SMILES string of the molecule is Cc1cc(-c2nncc3c(C(C)(C)C)c(OCc4ncnn4C)nn23)co1. The predicted octanol–water partition coefficient (Wildman–Crippen LogP) is 2.70. The van der Waals surface area contributed by atoms with Gasteiger partial charge in [-0.05, 0) is 18.4 Å². The van der Waals surface area contributed by atoms with E-state index in [0.717, 1.165) is 22.4 Å². The Morgan fingerprint density at radius 3 is 2.70 bits per heavy atom. The summed E-state index contributed by atoms with van der Waals surface area (Å²) in [6.45, 7) is 8.49. The normalized spacial score (nSPS) is 12.0. The molecule has 0 aromatic carbocycles. The molecule has 0 aliphatic heterocycles. The molecule has 4 rings (SSSR count). The smallest absolute Gasteiger partial charge is 0.238 e. The van der Waals surface area contributed by atoms with Crippen LogP contribution in [0.3, 0.4) is 0 Å². The second-order valence-electron chi connectivity index (χ2n) is 7.43. The van der Waals surface area contributed by atoms with E-state index < -0.39 is 0 Å². The molecule has 0 N–H and O–H groups in total. The number of nitrogens with zero attached hydrogens (tertiary/aromatic N) is 7. The van der Waals surface area contributed by atoms with Crippen molar-refractivity contribution in [2.45, 2.75) is 39.7 Å². The lowest BCUT2D eigenvalue weighted by Gasteiger charge is -2.18. The summed E-state index contributed by atoms with van der Waals surface area (Å²) in [7, 11) is 1.83. The predicted molar refractivity (Wildman–Crippen MR) is 97.3 cm³/mol. The number of hydrogen-bond donors (Lipinski definition) is 0. The van der Waals surface area contributed by atoms with Crippen LogP contribution in [0.5, 0.6) is 5.88 Å². The van der Waals surface area contributed by atoms with Gasteiger partial charge < -0.3 is 9.15 Å². The zero-order valence-electron chi connectivity index (χ0n) is 16.0. The highest BCUT2D eigenvalue weighted by molar-refractivity contribution is 5.66. The first-order chi connectivity index (χ1) is 12.8. The maximum absolute atomic E-state index is 6.04. The Kier molecular flexibility index (Phi) is 3.94. The number of furan rings is 1. The van der Waals surface area contributed by atoms with Gasteiger partial charge in [-0.3, -0.25) is 4.68 Å². The lowest BCUT2D eigenvalue weighted by atomic mass is 9.88. The second-order valence-corrected chi connectivity index (χ2v) is 7.43. The maximum Gasteiger partial charge on any atom is 0.238 e. The van der Waals surface area contributed by atoms with Gasteiger partial charge in [0.2, 0.25) is 5.88 Å². The van der Waals surface area contributed by atoms with E-state index in [-0.39, 0.29) is 12.0 Å². The van der Waals surface area contributed by atoms with Crippen LogP contribution < -0.4 is 4.74 Å². The lowest BCUT2D eigenvalue weighted by Crippen LogP contribution is -2.13. The van der Waals surface area contributed by atoms with Crippen LogP contribution in [0.15, 0.2) is 29.3 Å². The van der Waals surface area contributed by atoms with Crippen molar-refractivity contribution in [1.29, 1.82) is 0 Å². The fourth-order valence-corrected chi connectivity index (χ4v) is 3.00. The van der Waals surface area contributed by atoms with Crippen molar-refractivity contribution in [3.8, 4) is 17.3 Å². The van der Waals surface area contributed by atoms with Gasteiger partial charge in [0.05, 0.1) is 17.3 Å². The molecule has 0 saturated heterocycles. The quantitative estimate of drug-likeness (QED) is 0.547. The van der Waals surface area contributed by atoms with Gasteiger partial charge >= 0.3 is 0 Å². The molecule has 0 aliphatic carbocycles. The molecule has 0 bridgehead atoms. The van der Waals surface area contributed by atoms with E-state index in [2.05, 4.69) is 46.1 Å². The number of hydrogen-bond acceptors (Lipinski definition) is 7. The minimum Gasteiger partial charge on any atom is -0.469 e. The number of rotatable bonds is 4. The number of ether oxygens (including phenoxy) is 1. The highest BCUT2D eigenvalue weighted by Gasteiger charge is 2.28. The third kappa shape index (κ3) is 3.05. The molecule has 4 aromatic rings. The van der Waals surface area contributed by atoms with E-state index in [4.69, 9.17) is 9.15 Å². The van der Waals surface area contributed by atoms with Crippen LogP contribution in [0, 0.1) is 6.92 Å². The van der Waals surface area contributed by atoms with Crippen molar-refractivity contribution in [3.63, 3.8) is 0 Å². The highest BCUT2D eigenvalue weighted by atomic mass is 16.5. The van der Waals surface area contributed by atoms with E-state index >= 15 is 0 Å². The van der Waals surface area contributed by atoms with Crippen LogP contribution in [-0.2, 0) is 19.1 Å². The fourth-order valence-electron chi connectivity index (χ4n) is 3.00. The summed E-state index contributed by atoms with van der Waals surface area (Å²) in [4.78, 5) is 4.20. The van der Waals surface area contributed by atoms with Crippen molar-refractivity contribution in [3.05, 3.63) is 42.0 Å². The summed E-state index contributed by atoms with van der Waals surface area (Å²) in [6.07, 6.45) is 4.86. The molecule has 140 valence electrons. The van der Waals surface area contributed by atoms with E-state index in [0.29, 0.717) is 17.5 Å². The Balaban J connectivity index is 1.84. The zero-order valence-corrected chi connectivity index (χ0v) is 16.0. The molecule has 4 heterocycles. The summed E-state index contributed by atoms with van der Waals surface area (Å²) in [5, 5.41) is 17.2. The third-order valence-electron chi connectivity index (χ3n) is 4.30. The molecular formula is C18H21N7O2. The summed E-state index contributed by atoms with van der Waals surface area (Å²) < 4.78 is 14.9. The van der Waals surface area contributed by atoms with Gasteiger partial charge in [-0.25, -0.2) is 9.50 Å². The molecule has 0 radical (unpaired) electrons. The third-order valence-corrected chi connectivity index (χ3v) is 4.30. The number of aromatic nitrogens is 7. The molecule has 27 heavy (non-hydrogen) atoms. The first kappa shape index (κ1) is 17.2. The molecular weight excluding hydrogens is 346 g/mol. The Morgan fingerprint density at radius 1 is 1.26 bits per heavy atom. The average molecular weight is 367 g/mol. The largest absolute Gasteiger partial charge is 0.469 e. The molecule has 0 atom stereocenters. The van der Waals surface area contributed by atoms with Crippen LogP contribution in [0.4, 0.5) is 0 Å². The topological polar surface area (TPSA) is 96.2 Å². The van der Waals surface area contributed by atoms with E-state index in [9.17, 15) is 0 Å². The molecule has 9 nitrogen and oxygen atoms in total. The van der Waals surface area contributed by atoms with E-state index in [1.54, 1.807) is 21.7 Å². The summed E-state index contributed by atoms with van der Waals surface area (Å²) in [6, 6.07) is 1.90. The standard InChI is InChI=1S/C18H21N7O2/c1-11-6-12(8-26-11)16-22-20-7-13-15(18(2,3)4)17(23-25(13)16)27-9-14-19-10-21-24(14)5/h6-8,10H,9H2,1-5H3. The van der Waals surface area contributed by atoms with Crippen molar-refractivity contribution >= 4 is 5.52 Å². The molecule has 0 fully saturated rings. The van der Waals surface area contributed by atoms with E-state index in [1.165, 1.54) is 6.33 Å². The zero-order chi connectivity index (χ0) is 19.2. The molecule has 0 unspecified atom stereocenters. The minimum atomic E-state index is -0.205. The molecule has 4 aromatic heterocycles. The Hall–Kier alpha value is -3.23. The van der Waals surface area contributed by atoms with Gasteiger partial charge in [0, 0.05) is 12.6 Å².